The molecule has 21 heavy (non-hydrogen) atoms. The van der Waals surface area contributed by atoms with Crippen molar-refractivity contribution in [3.05, 3.63) is 48.5 Å². The fourth-order valence-corrected chi connectivity index (χ4v) is 9.11. The molecule has 0 atom stereocenters. The number of nitrogens with zero attached hydrogens (tertiary/aromatic N) is 1. The fourth-order valence-electron chi connectivity index (χ4n) is 2.70. The number of phenols is 1. The van der Waals surface area contributed by atoms with E-state index in [1.165, 1.54) is 0 Å². The molecular formula is C16H20N2O2Sn. The summed E-state index contributed by atoms with van der Waals surface area (Å²) in [6.07, 6.45) is 0. The van der Waals surface area contributed by atoms with E-state index in [9.17, 15) is 5.11 Å². The molecular weight excluding hydrogens is 371 g/mol. The van der Waals surface area contributed by atoms with Gasteiger partial charge < -0.3 is 0 Å². The maximum atomic E-state index is 10.2. The predicted octanol–water partition coefficient (Wildman–Crippen LogP) is 3.40. The van der Waals surface area contributed by atoms with Gasteiger partial charge in [-0.2, -0.15) is 0 Å². The van der Waals surface area contributed by atoms with E-state index < -0.39 is 19.1 Å². The summed E-state index contributed by atoms with van der Waals surface area (Å²) in [5, 5.41) is 13.6. The second-order valence-electron chi connectivity index (χ2n) is 5.61. The van der Waals surface area contributed by atoms with Crippen LogP contribution in [0.3, 0.4) is 0 Å². The van der Waals surface area contributed by atoms with E-state index in [1.807, 2.05) is 42.5 Å². The van der Waals surface area contributed by atoms with Crippen LogP contribution >= 0.6 is 0 Å². The molecule has 0 saturated heterocycles. The van der Waals surface area contributed by atoms with Gasteiger partial charge in [-0.1, -0.05) is 0 Å². The van der Waals surface area contributed by atoms with Gasteiger partial charge in [0.1, 0.15) is 0 Å². The minimum absolute atomic E-state index is 0.319. The normalized spacial score (nSPS) is 17.0. The Labute approximate surface area is 130 Å². The number of nitrogens with one attached hydrogen (secondary N) is 1. The molecule has 4 nitrogen and oxygen atoms in total. The van der Waals surface area contributed by atoms with Gasteiger partial charge >= 0.3 is 130 Å². The Bertz CT molecular complexity index is 646. The molecule has 0 fully saturated rings. The van der Waals surface area contributed by atoms with Crippen LogP contribution in [0.15, 0.2) is 48.5 Å². The molecule has 110 valence electrons. The van der Waals surface area contributed by atoms with Crippen molar-refractivity contribution in [1.82, 2.24) is 0 Å². The number of benzene rings is 2. The van der Waals surface area contributed by atoms with E-state index in [0.717, 1.165) is 30.2 Å². The van der Waals surface area contributed by atoms with Gasteiger partial charge in [0.05, 0.1) is 0 Å². The molecule has 1 aliphatic heterocycles. The monoisotopic (exact) mass is 392 g/mol. The van der Waals surface area contributed by atoms with Crippen LogP contribution in [0.25, 0.3) is 0 Å². The number of hydrogen-bond donors (Lipinski definition) is 2. The van der Waals surface area contributed by atoms with Gasteiger partial charge in [-0.3, -0.25) is 0 Å². The van der Waals surface area contributed by atoms with Crippen molar-refractivity contribution >= 4 is 30.4 Å². The van der Waals surface area contributed by atoms with Crippen LogP contribution in [-0.4, -0.2) is 37.3 Å². The van der Waals surface area contributed by atoms with Crippen molar-refractivity contribution < 1.29 is 8.18 Å². The van der Waals surface area contributed by atoms with Crippen molar-refractivity contribution in [3.63, 3.8) is 0 Å². The standard InChI is InChI=1S/C14H15N2O2.2CH3.Sn/c17-13-7-3-1-5-11(13)15-9-10-16-12-6-2-4-8-14(12)18;;;/h1-8,15,17-18H,9-10H2;2*1H3;/q-1;;;+2/p-1. The number of hydrogen-bond acceptors (Lipinski definition) is 4. The van der Waals surface area contributed by atoms with Gasteiger partial charge in [-0.25, -0.2) is 0 Å². The molecule has 0 radical (unpaired) electrons. The van der Waals surface area contributed by atoms with Crippen LogP contribution < -0.4 is 11.5 Å². The van der Waals surface area contributed by atoms with Crippen molar-refractivity contribution in [3.8, 4) is 11.5 Å². The van der Waals surface area contributed by atoms with Gasteiger partial charge in [0.2, 0.25) is 0 Å². The van der Waals surface area contributed by atoms with Crippen molar-refractivity contribution in [2.24, 2.45) is 0 Å². The minimum atomic E-state index is -3.03. The molecule has 5 heteroatoms. The van der Waals surface area contributed by atoms with E-state index in [1.54, 1.807) is 6.07 Å². The second kappa shape index (κ2) is 5.67. The number of fused-ring (bicyclic) bond motifs is 1. The average molecular weight is 391 g/mol. The molecule has 0 aliphatic carbocycles. The van der Waals surface area contributed by atoms with Crippen LogP contribution in [0.4, 0.5) is 11.4 Å². The number of aromatic hydroxyl groups is 1. The number of para-hydroxylation sites is 4. The molecule has 1 aliphatic rings. The summed E-state index contributed by atoms with van der Waals surface area (Å²) in [7, 11) is 0. The van der Waals surface area contributed by atoms with Crippen LogP contribution in [0.1, 0.15) is 0 Å². The summed E-state index contributed by atoms with van der Waals surface area (Å²) < 4.78 is 8.69. The van der Waals surface area contributed by atoms with E-state index in [-0.39, 0.29) is 0 Å². The Kier molecular flexibility index (Phi) is 3.88. The van der Waals surface area contributed by atoms with Crippen molar-refractivity contribution in [2.75, 3.05) is 21.5 Å². The summed E-state index contributed by atoms with van der Waals surface area (Å²) >= 11 is -3.03. The Morgan fingerprint density at radius 2 is 1.81 bits per heavy atom. The van der Waals surface area contributed by atoms with E-state index in [2.05, 4.69) is 18.3 Å². The first-order valence-electron chi connectivity index (χ1n) is 7.15. The van der Waals surface area contributed by atoms with Crippen LogP contribution in [0.5, 0.6) is 11.5 Å². The van der Waals surface area contributed by atoms with Gasteiger partial charge in [-0.15, -0.1) is 0 Å². The molecule has 0 amide bonds. The zero-order chi connectivity index (χ0) is 14.9. The Morgan fingerprint density at radius 3 is 2.62 bits per heavy atom. The third-order valence-corrected chi connectivity index (χ3v) is 10.8. The number of rotatable bonds is 1. The van der Waals surface area contributed by atoms with Crippen LogP contribution in [0.2, 0.25) is 9.88 Å². The first kappa shape index (κ1) is 14.4. The van der Waals surface area contributed by atoms with Crippen molar-refractivity contribution in [2.45, 2.75) is 9.88 Å². The molecule has 2 aromatic rings. The molecule has 2 N–H and O–H groups in total. The van der Waals surface area contributed by atoms with Gasteiger partial charge in [0.15, 0.2) is 0 Å². The van der Waals surface area contributed by atoms with E-state index in [0.29, 0.717) is 5.75 Å². The van der Waals surface area contributed by atoms with Crippen molar-refractivity contribution in [1.29, 1.82) is 0 Å². The van der Waals surface area contributed by atoms with Crippen LogP contribution in [0, 0.1) is 0 Å². The first-order chi connectivity index (χ1) is 10.1. The van der Waals surface area contributed by atoms with E-state index in [4.69, 9.17) is 3.07 Å². The zero-order valence-electron chi connectivity index (χ0n) is 12.3. The first-order valence-corrected chi connectivity index (χ1v) is 15.3. The van der Waals surface area contributed by atoms with Crippen LogP contribution in [-0.2, 0) is 0 Å². The zero-order valence-corrected chi connectivity index (χ0v) is 15.2. The molecule has 0 saturated carbocycles. The third-order valence-electron chi connectivity index (χ3n) is 3.72. The number of anilines is 2. The fraction of sp³-hybridized carbons (Fsp3) is 0.250. The summed E-state index contributed by atoms with van der Waals surface area (Å²) in [5.41, 5.74) is 1.93. The van der Waals surface area contributed by atoms with E-state index >= 15 is 0 Å². The van der Waals surface area contributed by atoms with Gasteiger partial charge in [-0.05, 0) is 0 Å². The summed E-state index contributed by atoms with van der Waals surface area (Å²) in [4.78, 5) is 4.45. The summed E-state index contributed by atoms with van der Waals surface area (Å²) in [6, 6.07) is 15.6. The summed E-state index contributed by atoms with van der Waals surface area (Å²) in [6.45, 7) is 1.66. The molecule has 0 spiro atoms. The third kappa shape index (κ3) is 2.90. The topological polar surface area (TPSA) is 44.7 Å². The predicted molar refractivity (Wildman–Crippen MR) is 88.5 cm³/mol. The SMILES string of the molecule is [CH3][Sn]1([CH3])[O]c2ccccc2NCC[N]1c1ccccc1O. The molecule has 1 heterocycles. The molecule has 0 bridgehead atoms. The quantitative estimate of drug-likeness (QED) is 0.732. The molecule has 0 aromatic heterocycles. The Morgan fingerprint density at radius 1 is 1.10 bits per heavy atom. The maximum absolute atomic E-state index is 10.2. The van der Waals surface area contributed by atoms with Gasteiger partial charge in [0, 0.05) is 0 Å². The average Bonchev–Trinajstić information content (AvgIpc) is 2.44. The van der Waals surface area contributed by atoms with Gasteiger partial charge in [0.25, 0.3) is 0 Å². The molecule has 0 unspecified atom stereocenters. The number of phenolic OH excluding ortho intramolecular Hbond substituents is 1. The molecule has 2 aromatic carbocycles. The Balaban J connectivity index is 1.99. The molecule has 3 rings (SSSR count). The summed E-state index contributed by atoms with van der Waals surface area (Å²) in [5.74, 6) is 1.23. The Hall–Kier alpha value is -1.56. The second-order valence-corrected chi connectivity index (χ2v) is 16.0.